The highest BCUT2D eigenvalue weighted by Crippen LogP contribution is 2.58. The van der Waals surface area contributed by atoms with Gasteiger partial charge in [-0.05, 0) is 28.1 Å². The molecule has 3 unspecified atom stereocenters. The molecular weight excluding hydrogens is 389 g/mol. The van der Waals surface area contributed by atoms with E-state index in [1.54, 1.807) is 19.2 Å². The van der Waals surface area contributed by atoms with E-state index in [0.717, 1.165) is 0 Å². The minimum Gasteiger partial charge on any atom is -0.496 e. The van der Waals surface area contributed by atoms with E-state index in [9.17, 15) is 9.18 Å². The van der Waals surface area contributed by atoms with Gasteiger partial charge in [0.05, 0.1) is 18.7 Å². The first kappa shape index (κ1) is 16.5. The van der Waals surface area contributed by atoms with Crippen LogP contribution in [-0.4, -0.2) is 35.6 Å². The molecule has 6 heteroatoms. The van der Waals surface area contributed by atoms with Gasteiger partial charge in [0.25, 0.3) is 5.91 Å². The largest absolute Gasteiger partial charge is 0.496 e. The fourth-order valence-corrected chi connectivity index (χ4v) is 4.24. The van der Waals surface area contributed by atoms with Crippen LogP contribution < -0.4 is 4.74 Å². The molecule has 1 amide bonds. The number of hydrogen-bond donors (Lipinski definition) is 0. The summed E-state index contributed by atoms with van der Waals surface area (Å²) in [6.45, 7) is 0. The number of nitrogens with zero attached hydrogens (tertiary/aromatic N) is 1. The lowest BCUT2D eigenvalue weighted by molar-refractivity contribution is -0.0903. The van der Waals surface area contributed by atoms with Crippen LogP contribution in [0.3, 0.4) is 0 Å². The molecule has 1 saturated carbocycles. The zero-order valence-electron chi connectivity index (χ0n) is 13.8. The van der Waals surface area contributed by atoms with E-state index < -0.39 is 16.3 Å². The van der Waals surface area contributed by atoms with Gasteiger partial charge in [-0.15, -0.1) is 0 Å². The Labute approximate surface area is 153 Å². The van der Waals surface area contributed by atoms with Crippen molar-refractivity contribution in [2.45, 2.75) is 22.8 Å². The van der Waals surface area contributed by atoms with Gasteiger partial charge >= 0.3 is 0 Å². The lowest BCUT2D eigenvalue weighted by atomic mass is 9.92. The summed E-state index contributed by atoms with van der Waals surface area (Å²) in [6.07, 6.45) is 0.215. The average Bonchev–Trinajstić information content (AvgIpc) is 3.17. The van der Waals surface area contributed by atoms with E-state index in [4.69, 9.17) is 9.47 Å². The molecule has 0 aromatic heterocycles. The van der Waals surface area contributed by atoms with Gasteiger partial charge in [0.2, 0.25) is 5.72 Å². The fourth-order valence-electron chi connectivity index (χ4n) is 3.73. The lowest BCUT2D eigenvalue weighted by Gasteiger charge is -2.39. The molecule has 1 heterocycles. The second-order valence-corrected chi connectivity index (χ2v) is 7.57. The van der Waals surface area contributed by atoms with Crippen LogP contribution in [0.2, 0.25) is 0 Å². The standard InChI is InChI=1S/C19H17BrFNO3/c1-24-15-10-6-5-9-14(15)19(25-2)13-8-4-3-7-12(13)17(23)22(19)16-11-18(16,20)21/h3-10,16H,11H2,1-2H3. The zero-order valence-corrected chi connectivity index (χ0v) is 15.4. The number of rotatable bonds is 4. The van der Waals surface area contributed by atoms with Crippen molar-refractivity contribution in [3.8, 4) is 5.75 Å². The van der Waals surface area contributed by atoms with Crippen LogP contribution in [0.15, 0.2) is 48.5 Å². The topological polar surface area (TPSA) is 38.8 Å². The van der Waals surface area contributed by atoms with E-state index in [1.807, 2.05) is 36.4 Å². The highest BCUT2D eigenvalue weighted by atomic mass is 79.9. The first-order chi connectivity index (χ1) is 12.0. The quantitative estimate of drug-likeness (QED) is 0.725. The van der Waals surface area contributed by atoms with Crippen molar-refractivity contribution in [3.63, 3.8) is 0 Å². The predicted molar refractivity (Wildman–Crippen MR) is 94.6 cm³/mol. The molecular formula is C19H17BrFNO3. The monoisotopic (exact) mass is 405 g/mol. The Bertz CT molecular complexity index is 856. The molecule has 0 saturated heterocycles. The number of carbonyl (C=O) groups excluding carboxylic acids is 1. The first-order valence-corrected chi connectivity index (χ1v) is 8.76. The van der Waals surface area contributed by atoms with E-state index in [0.29, 0.717) is 22.4 Å². The maximum Gasteiger partial charge on any atom is 0.257 e. The van der Waals surface area contributed by atoms with Gasteiger partial charge in [-0.3, -0.25) is 9.69 Å². The summed E-state index contributed by atoms with van der Waals surface area (Å²) in [5, 5.41) is 0. The summed E-state index contributed by atoms with van der Waals surface area (Å²) < 4.78 is 24.4. The molecule has 0 bridgehead atoms. The van der Waals surface area contributed by atoms with Gasteiger partial charge in [0.1, 0.15) is 5.75 Å². The number of ether oxygens (including phenoxy) is 2. The van der Waals surface area contributed by atoms with Crippen LogP contribution >= 0.6 is 15.9 Å². The Hall–Kier alpha value is -1.92. The van der Waals surface area contributed by atoms with Crippen molar-refractivity contribution in [2.75, 3.05) is 14.2 Å². The van der Waals surface area contributed by atoms with Gasteiger partial charge in [-0.1, -0.05) is 36.4 Å². The predicted octanol–water partition coefficient (Wildman–Crippen LogP) is 3.83. The van der Waals surface area contributed by atoms with Gasteiger partial charge < -0.3 is 9.47 Å². The second kappa shape index (κ2) is 5.54. The van der Waals surface area contributed by atoms with Crippen molar-refractivity contribution in [2.24, 2.45) is 0 Å². The number of amides is 1. The molecule has 4 nitrogen and oxygen atoms in total. The summed E-state index contributed by atoms with van der Waals surface area (Å²) in [5.41, 5.74) is 0.660. The maximum atomic E-state index is 14.5. The third-order valence-corrected chi connectivity index (χ3v) is 5.80. The lowest BCUT2D eigenvalue weighted by Crippen LogP contribution is -2.49. The third kappa shape index (κ3) is 2.17. The van der Waals surface area contributed by atoms with E-state index in [1.165, 1.54) is 12.0 Å². The molecule has 0 radical (unpaired) electrons. The highest BCUT2D eigenvalue weighted by Gasteiger charge is 2.67. The average molecular weight is 406 g/mol. The van der Waals surface area contributed by atoms with E-state index in [-0.39, 0.29) is 12.3 Å². The van der Waals surface area contributed by atoms with E-state index in [2.05, 4.69) is 15.9 Å². The third-order valence-electron chi connectivity index (χ3n) is 4.95. The van der Waals surface area contributed by atoms with Gasteiger partial charge in [-0.25, -0.2) is 4.39 Å². The normalized spacial score (nSPS) is 30.3. The van der Waals surface area contributed by atoms with Crippen LogP contribution in [0.4, 0.5) is 4.39 Å². The Morgan fingerprint density at radius 3 is 2.32 bits per heavy atom. The van der Waals surface area contributed by atoms with Crippen LogP contribution in [-0.2, 0) is 10.5 Å². The molecule has 1 aliphatic heterocycles. The molecule has 1 aliphatic carbocycles. The van der Waals surface area contributed by atoms with Crippen molar-refractivity contribution in [1.29, 1.82) is 0 Å². The summed E-state index contributed by atoms with van der Waals surface area (Å²) in [4.78, 5) is 14.6. The molecule has 0 N–H and O–H groups in total. The number of fused-ring (bicyclic) bond motifs is 1. The van der Waals surface area contributed by atoms with Crippen molar-refractivity contribution < 1.29 is 18.7 Å². The van der Waals surface area contributed by atoms with Crippen molar-refractivity contribution >= 4 is 21.8 Å². The number of carbonyl (C=O) groups is 1. The highest BCUT2D eigenvalue weighted by molar-refractivity contribution is 9.10. The van der Waals surface area contributed by atoms with Gasteiger partial charge in [-0.2, -0.15) is 0 Å². The molecule has 25 heavy (non-hydrogen) atoms. The summed E-state index contributed by atoms with van der Waals surface area (Å²) in [5.74, 6) is 0.339. The smallest absolute Gasteiger partial charge is 0.257 e. The Morgan fingerprint density at radius 1 is 1.12 bits per heavy atom. The molecule has 2 aromatic carbocycles. The van der Waals surface area contributed by atoms with Gasteiger partial charge in [0, 0.05) is 24.7 Å². The van der Waals surface area contributed by atoms with Crippen molar-refractivity contribution in [3.05, 3.63) is 65.2 Å². The number of para-hydroxylation sites is 1. The summed E-state index contributed by atoms with van der Waals surface area (Å²) in [7, 11) is 3.10. The van der Waals surface area contributed by atoms with Crippen LogP contribution in [0.25, 0.3) is 0 Å². The minimum atomic E-state index is -1.60. The summed E-state index contributed by atoms with van der Waals surface area (Å²) >= 11 is 3.08. The second-order valence-electron chi connectivity index (χ2n) is 6.25. The molecule has 1 fully saturated rings. The van der Waals surface area contributed by atoms with Crippen LogP contribution in [0.1, 0.15) is 27.9 Å². The van der Waals surface area contributed by atoms with Crippen molar-refractivity contribution in [1.82, 2.24) is 4.90 Å². The van der Waals surface area contributed by atoms with E-state index >= 15 is 0 Å². The fraction of sp³-hybridized carbons (Fsp3) is 0.316. The van der Waals surface area contributed by atoms with Gasteiger partial charge in [0.15, 0.2) is 4.58 Å². The summed E-state index contributed by atoms with van der Waals surface area (Å²) in [6, 6.07) is 14.0. The zero-order chi connectivity index (χ0) is 17.8. The number of halogens is 2. The number of benzene rings is 2. The van der Waals surface area contributed by atoms with Crippen LogP contribution in [0, 0.1) is 0 Å². The Balaban J connectivity index is 2.01. The number of hydrogen-bond acceptors (Lipinski definition) is 3. The van der Waals surface area contributed by atoms with Crippen LogP contribution in [0.5, 0.6) is 5.75 Å². The molecule has 130 valence electrons. The SMILES string of the molecule is COc1ccccc1C1(OC)c2ccccc2C(=O)N1C1CC1(F)Br. The first-order valence-electron chi connectivity index (χ1n) is 7.97. The number of alkyl halides is 2. The molecule has 4 rings (SSSR count). The minimum absolute atomic E-state index is 0.215. The Morgan fingerprint density at radius 2 is 1.72 bits per heavy atom. The molecule has 0 spiro atoms. The molecule has 2 aromatic rings. The molecule has 2 aliphatic rings. The number of methoxy groups -OCH3 is 2. The molecule has 3 atom stereocenters. The maximum absolute atomic E-state index is 14.5. The Kier molecular flexibility index (Phi) is 3.67.